The average molecular weight is 374 g/mol. The molecule has 0 saturated carbocycles. The lowest BCUT2D eigenvalue weighted by Gasteiger charge is -2.36. The van der Waals surface area contributed by atoms with Crippen molar-refractivity contribution in [1.82, 2.24) is 14.9 Å². The van der Waals surface area contributed by atoms with Gasteiger partial charge in [-0.3, -0.25) is 4.79 Å². The van der Waals surface area contributed by atoms with Crippen LogP contribution in [0, 0.1) is 0 Å². The van der Waals surface area contributed by atoms with E-state index < -0.39 is 0 Å². The summed E-state index contributed by atoms with van der Waals surface area (Å²) in [6.45, 7) is 5.88. The van der Waals surface area contributed by atoms with Crippen LogP contribution in [0.3, 0.4) is 0 Å². The molecule has 1 amide bonds. The summed E-state index contributed by atoms with van der Waals surface area (Å²) in [7, 11) is 0. The molecular weight excluding hydrogens is 350 g/mol. The first-order valence-electron chi connectivity index (χ1n) is 9.03. The van der Waals surface area contributed by atoms with E-state index in [0.717, 1.165) is 43.2 Å². The second kappa shape index (κ2) is 8.85. The Morgan fingerprint density at radius 2 is 1.92 bits per heavy atom. The van der Waals surface area contributed by atoms with Gasteiger partial charge in [0.25, 0.3) is 5.91 Å². The number of nitrogens with zero attached hydrogens (tertiary/aromatic N) is 4. The molecular formula is C19H24ClN5O. The van der Waals surface area contributed by atoms with Crippen LogP contribution in [0.25, 0.3) is 0 Å². The zero-order valence-electron chi connectivity index (χ0n) is 15.0. The Labute approximate surface area is 159 Å². The first kappa shape index (κ1) is 18.5. The van der Waals surface area contributed by atoms with E-state index in [4.69, 9.17) is 11.6 Å². The van der Waals surface area contributed by atoms with Gasteiger partial charge in [-0.25, -0.2) is 9.97 Å². The number of hydrogen-bond donors (Lipinski definition) is 1. The Kier molecular flexibility index (Phi) is 6.28. The predicted octanol–water partition coefficient (Wildman–Crippen LogP) is 3.30. The van der Waals surface area contributed by atoms with Crippen LogP contribution in [0.5, 0.6) is 0 Å². The van der Waals surface area contributed by atoms with Crippen molar-refractivity contribution in [3.8, 4) is 0 Å². The van der Waals surface area contributed by atoms with Crippen LogP contribution in [0.2, 0.25) is 5.02 Å². The van der Waals surface area contributed by atoms with Crippen molar-refractivity contribution in [2.24, 2.45) is 0 Å². The number of halogens is 1. The van der Waals surface area contributed by atoms with Crippen LogP contribution >= 0.6 is 11.6 Å². The van der Waals surface area contributed by atoms with Gasteiger partial charge in [-0.2, -0.15) is 0 Å². The molecule has 26 heavy (non-hydrogen) atoms. The summed E-state index contributed by atoms with van der Waals surface area (Å²) in [6, 6.07) is 7.81. The summed E-state index contributed by atoms with van der Waals surface area (Å²) in [5.41, 5.74) is 1.62. The van der Waals surface area contributed by atoms with Gasteiger partial charge in [0, 0.05) is 55.8 Å². The summed E-state index contributed by atoms with van der Waals surface area (Å²) >= 11 is 6.07. The van der Waals surface area contributed by atoms with Gasteiger partial charge in [-0.15, -0.1) is 0 Å². The standard InChI is InChI=1S/C19H24ClN5O/c1-2-3-7-21-19-22-13-15(14-23-19)18(26)25-10-8-24(9-11-25)17-6-4-5-16(20)12-17/h4-6,12-14H,2-3,7-11H2,1H3,(H,21,22,23). The van der Waals surface area contributed by atoms with Crippen molar-refractivity contribution in [3.05, 3.63) is 47.2 Å². The fourth-order valence-electron chi connectivity index (χ4n) is 2.93. The van der Waals surface area contributed by atoms with Crippen LogP contribution in [-0.4, -0.2) is 53.5 Å². The molecule has 3 rings (SSSR count). The van der Waals surface area contributed by atoms with Crippen LogP contribution in [0.1, 0.15) is 30.1 Å². The molecule has 2 heterocycles. The highest BCUT2D eigenvalue weighted by molar-refractivity contribution is 6.30. The maximum Gasteiger partial charge on any atom is 0.257 e. The van der Waals surface area contributed by atoms with Gasteiger partial charge in [0.1, 0.15) is 0 Å². The van der Waals surface area contributed by atoms with E-state index in [1.54, 1.807) is 12.4 Å². The van der Waals surface area contributed by atoms with E-state index in [1.165, 1.54) is 0 Å². The first-order chi connectivity index (χ1) is 12.7. The molecule has 0 radical (unpaired) electrons. The normalized spacial score (nSPS) is 14.4. The van der Waals surface area contributed by atoms with Crippen LogP contribution in [0.4, 0.5) is 11.6 Å². The highest BCUT2D eigenvalue weighted by Gasteiger charge is 2.23. The molecule has 0 unspecified atom stereocenters. The molecule has 6 nitrogen and oxygen atoms in total. The fraction of sp³-hybridized carbons (Fsp3) is 0.421. The molecule has 1 aromatic carbocycles. The van der Waals surface area contributed by atoms with Crippen molar-refractivity contribution in [2.45, 2.75) is 19.8 Å². The Bertz CT molecular complexity index is 729. The van der Waals surface area contributed by atoms with E-state index >= 15 is 0 Å². The number of unbranched alkanes of at least 4 members (excludes halogenated alkanes) is 1. The molecule has 0 bridgehead atoms. The summed E-state index contributed by atoms with van der Waals surface area (Å²) in [4.78, 5) is 25.2. The van der Waals surface area contributed by atoms with Gasteiger partial charge in [0.2, 0.25) is 5.95 Å². The van der Waals surface area contributed by atoms with E-state index in [9.17, 15) is 4.79 Å². The molecule has 0 atom stereocenters. The van der Waals surface area contributed by atoms with Gasteiger partial charge >= 0.3 is 0 Å². The van der Waals surface area contributed by atoms with Gasteiger partial charge in [-0.05, 0) is 24.6 Å². The van der Waals surface area contributed by atoms with Crippen molar-refractivity contribution in [1.29, 1.82) is 0 Å². The van der Waals surface area contributed by atoms with Crippen molar-refractivity contribution >= 4 is 29.1 Å². The van der Waals surface area contributed by atoms with Gasteiger partial charge in [0.15, 0.2) is 0 Å². The SMILES string of the molecule is CCCCNc1ncc(C(=O)N2CCN(c3cccc(Cl)c3)CC2)cn1. The van der Waals surface area contributed by atoms with Crippen molar-refractivity contribution in [2.75, 3.05) is 42.9 Å². The molecule has 1 aromatic heterocycles. The number of rotatable bonds is 6. The van der Waals surface area contributed by atoms with Crippen LogP contribution in [-0.2, 0) is 0 Å². The Balaban J connectivity index is 1.54. The molecule has 0 aliphatic carbocycles. The lowest BCUT2D eigenvalue weighted by molar-refractivity contribution is 0.0746. The third-order valence-electron chi connectivity index (χ3n) is 4.45. The highest BCUT2D eigenvalue weighted by atomic mass is 35.5. The zero-order chi connectivity index (χ0) is 18.4. The molecule has 1 aliphatic rings. The molecule has 2 aromatic rings. The van der Waals surface area contributed by atoms with E-state index in [0.29, 0.717) is 24.6 Å². The fourth-order valence-corrected chi connectivity index (χ4v) is 3.11. The quantitative estimate of drug-likeness (QED) is 0.787. The molecule has 138 valence electrons. The third-order valence-corrected chi connectivity index (χ3v) is 4.69. The number of carbonyl (C=O) groups is 1. The monoisotopic (exact) mass is 373 g/mol. The van der Waals surface area contributed by atoms with Crippen LogP contribution < -0.4 is 10.2 Å². The van der Waals surface area contributed by atoms with E-state index in [-0.39, 0.29) is 5.91 Å². The minimum atomic E-state index is -0.0177. The molecule has 7 heteroatoms. The topological polar surface area (TPSA) is 61.4 Å². The number of aromatic nitrogens is 2. The molecule has 0 spiro atoms. The van der Waals surface area contributed by atoms with Gasteiger partial charge in [-0.1, -0.05) is 31.0 Å². The van der Waals surface area contributed by atoms with E-state index in [2.05, 4.69) is 27.1 Å². The summed E-state index contributed by atoms with van der Waals surface area (Å²) in [5.74, 6) is 0.552. The van der Waals surface area contributed by atoms with E-state index in [1.807, 2.05) is 29.2 Å². The molecule has 1 fully saturated rings. The van der Waals surface area contributed by atoms with Gasteiger partial charge < -0.3 is 15.1 Å². The molecule has 1 N–H and O–H groups in total. The number of hydrogen-bond acceptors (Lipinski definition) is 5. The minimum Gasteiger partial charge on any atom is -0.368 e. The number of anilines is 2. The van der Waals surface area contributed by atoms with Crippen molar-refractivity contribution in [3.63, 3.8) is 0 Å². The number of piperazine rings is 1. The maximum absolute atomic E-state index is 12.7. The average Bonchev–Trinajstić information content (AvgIpc) is 2.68. The van der Waals surface area contributed by atoms with Gasteiger partial charge in [0.05, 0.1) is 5.56 Å². The summed E-state index contributed by atoms with van der Waals surface area (Å²) in [6.07, 6.45) is 5.39. The summed E-state index contributed by atoms with van der Waals surface area (Å²) < 4.78 is 0. The number of carbonyl (C=O) groups excluding carboxylic acids is 1. The minimum absolute atomic E-state index is 0.0177. The smallest absolute Gasteiger partial charge is 0.257 e. The predicted molar refractivity (Wildman–Crippen MR) is 105 cm³/mol. The first-order valence-corrected chi connectivity index (χ1v) is 9.41. The number of nitrogens with one attached hydrogen (secondary N) is 1. The Morgan fingerprint density at radius 1 is 1.19 bits per heavy atom. The Hall–Kier alpha value is -2.34. The molecule has 1 saturated heterocycles. The summed E-state index contributed by atoms with van der Waals surface area (Å²) in [5, 5.41) is 3.88. The second-order valence-corrected chi connectivity index (χ2v) is 6.77. The number of amides is 1. The lowest BCUT2D eigenvalue weighted by atomic mass is 10.2. The lowest BCUT2D eigenvalue weighted by Crippen LogP contribution is -2.48. The maximum atomic E-state index is 12.7. The van der Waals surface area contributed by atoms with Crippen molar-refractivity contribution < 1.29 is 4.79 Å². The Morgan fingerprint density at radius 3 is 2.58 bits per heavy atom. The second-order valence-electron chi connectivity index (χ2n) is 6.33. The zero-order valence-corrected chi connectivity index (χ0v) is 15.7. The third kappa shape index (κ3) is 4.64. The largest absolute Gasteiger partial charge is 0.368 e. The van der Waals surface area contributed by atoms with Crippen LogP contribution in [0.15, 0.2) is 36.7 Å². The molecule has 1 aliphatic heterocycles. The number of benzene rings is 1. The highest BCUT2D eigenvalue weighted by Crippen LogP contribution is 2.21.